The van der Waals surface area contributed by atoms with Crippen LogP contribution in [0.25, 0.3) is 0 Å². The van der Waals surface area contributed by atoms with Gasteiger partial charge in [-0.2, -0.15) is 23.5 Å². The summed E-state index contributed by atoms with van der Waals surface area (Å²) in [6, 6.07) is 0. The van der Waals surface area contributed by atoms with E-state index in [0.717, 1.165) is 11.5 Å². The predicted molar refractivity (Wildman–Crippen MR) is 132 cm³/mol. The number of hydrogen-bond donors (Lipinski definition) is 2. The smallest absolute Gasteiger partial charge is 0.0521 e. The first-order chi connectivity index (χ1) is 13.9. The quantitative estimate of drug-likeness (QED) is 0.146. The van der Waals surface area contributed by atoms with Gasteiger partial charge in [-0.3, -0.25) is 0 Å². The van der Waals surface area contributed by atoms with Crippen molar-refractivity contribution < 1.29 is 10.2 Å². The van der Waals surface area contributed by atoms with Gasteiger partial charge in [0.1, 0.15) is 0 Å². The molecule has 2 nitrogen and oxygen atoms in total. The Bertz CT molecular complexity index is 239. The van der Waals surface area contributed by atoms with E-state index in [2.05, 4.69) is 0 Å². The molecule has 0 aliphatic carbocycles. The molecular formula is C24H50O2S2. The molecule has 0 aromatic carbocycles. The molecule has 0 saturated carbocycles. The maximum atomic E-state index is 8.72. The highest BCUT2D eigenvalue weighted by molar-refractivity contribution is 7.99. The van der Waals surface area contributed by atoms with Gasteiger partial charge < -0.3 is 10.2 Å². The second-order valence-electron chi connectivity index (χ2n) is 8.04. The molecular weight excluding hydrogens is 384 g/mol. The van der Waals surface area contributed by atoms with Crippen LogP contribution in [0.3, 0.4) is 0 Å². The first-order valence-corrected chi connectivity index (χ1v) is 14.6. The summed E-state index contributed by atoms with van der Waals surface area (Å²) in [5.74, 6) is 4.27. The molecule has 0 rings (SSSR count). The first-order valence-electron chi connectivity index (χ1n) is 12.3. The first kappa shape index (κ1) is 28.6. The van der Waals surface area contributed by atoms with Gasteiger partial charge in [-0.25, -0.2) is 0 Å². The van der Waals surface area contributed by atoms with Crippen molar-refractivity contribution in [1.29, 1.82) is 0 Å². The molecule has 170 valence electrons. The van der Waals surface area contributed by atoms with Gasteiger partial charge in [0, 0.05) is 11.5 Å². The summed E-state index contributed by atoms with van der Waals surface area (Å²) in [5, 5.41) is 17.4. The third-order valence-corrected chi connectivity index (χ3v) is 7.40. The lowest BCUT2D eigenvalue weighted by molar-refractivity contribution is 0.322. The molecule has 0 amide bonds. The zero-order valence-electron chi connectivity index (χ0n) is 18.7. The van der Waals surface area contributed by atoms with Crippen molar-refractivity contribution in [3.05, 3.63) is 0 Å². The molecule has 4 heteroatoms. The molecule has 28 heavy (non-hydrogen) atoms. The van der Waals surface area contributed by atoms with Crippen LogP contribution in [0.2, 0.25) is 0 Å². The largest absolute Gasteiger partial charge is 0.396 e. The van der Waals surface area contributed by atoms with Crippen LogP contribution in [0.1, 0.15) is 116 Å². The standard InChI is InChI=1S/C24H50O2S2/c25-19-23-27-21-17-15-13-11-9-7-5-3-1-2-4-6-8-10-12-14-16-18-22-28-24-20-26/h25-26H,1-24H2. The number of hydrogen-bond acceptors (Lipinski definition) is 4. The summed E-state index contributed by atoms with van der Waals surface area (Å²) in [4.78, 5) is 0. The Balaban J connectivity index is 2.96. The van der Waals surface area contributed by atoms with E-state index in [1.807, 2.05) is 23.5 Å². The van der Waals surface area contributed by atoms with Crippen molar-refractivity contribution in [3.8, 4) is 0 Å². The average molecular weight is 435 g/mol. The second-order valence-corrected chi connectivity index (χ2v) is 10.5. The van der Waals surface area contributed by atoms with E-state index in [0.29, 0.717) is 13.2 Å². The second kappa shape index (κ2) is 27.6. The molecule has 0 atom stereocenters. The summed E-state index contributed by atoms with van der Waals surface area (Å²) in [5.41, 5.74) is 0. The fraction of sp³-hybridized carbons (Fsp3) is 1.00. The van der Waals surface area contributed by atoms with Gasteiger partial charge in [-0.05, 0) is 24.3 Å². The van der Waals surface area contributed by atoms with E-state index in [4.69, 9.17) is 10.2 Å². The van der Waals surface area contributed by atoms with Crippen molar-refractivity contribution in [2.45, 2.75) is 116 Å². The van der Waals surface area contributed by atoms with E-state index < -0.39 is 0 Å². The number of rotatable bonds is 25. The topological polar surface area (TPSA) is 40.5 Å². The maximum absolute atomic E-state index is 8.72. The summed E-state index contributed by atoms with van der Waals surface area (Å²) < 4.78 is 0. The van der Waals surface area contributed by atoms with Crippen LogP contribution in [-0.2, 0) is 0 Å². The minimum Gasteiger partial charge on any atom is -0.396 e. The van der Waals surface area contributed by atoms with E-state index in [1.165, 1.54) is 127 Å². The molecule has 0 aromatic heterocycles. The van der Waals surface area contributed by atoms with Crippen molar-refractivity contribution in [2.75, 3.05) is 36.2 Å². The molecule has 0 bridgehead atoms. The summed E-state index contributed by atoms with van der Waals surface area (Å²) >= 11 is 3.77. The molecule has 0 radical (unpaired) electrons. The van der Waals surface area contributed by atoms with Gasteiger partial charge in [0.05, 0.1) is 13.2 Å². The van der Waals surface area contributed by atoms with Gasteiger partial charge in [-0.1, -0.05) is 103 Å². The molecule has 0 aliphatic heterocycles. The molecule has 0 unspecified atom stereocenters. The third-order valence-electron chi connectivity index (χ3n) is 5.30. The molecule has 0 aromatic rings. The Morgan fingerprint density at radius 2 is 0.500 bits per heavy atom. The summed E-state index contributed by atoms with van der Waals surface area (Å²) in [6.07, 6.45) is 25.5. The molecule has 0 heterocycles. The number of unbranched alkanes of at least 4 members (excludes halogenated alkanes) is 17. The molecule has 2 N–H and O–H groups in total. The van der Waals surface area contributed by atoms with E-state index in [-0.39, 0.29) is 0 Å². The SMILES string of the molecule is OCCSCCCCCCCCCCCCCCCCCCCCSCCO. The molecule has 0 fully saturated rings. The molecule has 0 spiro atoms. The lowest BCUT2D eigenvalue weighted by Gasteiger charge is -2.04. The van der Waals surface area contributed by atoms with Crippen molar-refractivity contribution >= 4 is 23.5 Å². The Hall–Kier alpha value is 0.620. The van der Waals surface area contributed by atoms with Crippen LogP contribution >= 0.6 is 23.5 Å². The van der Waals surface area contributed by atoms with E-state index in [9.17, 15) is 0 Å². The Kier molecular flexibility index (Phi) is 28.2. The lowest BCUT2D eigenvalue weighted by Crippen LogP contribution is -1.89. The summed E-state index contributed by atoms with van der Waals surface area (Å²) in [6.45, 7) is 0.662. The van der Waals surface area contributed by atoms with Crippen molar-refractivity contribution in [1.82, 2.24) is 0 Å². The molecule has 0 saturated heterocycles. The fourth-order valence-electron chi connectivity index (χ4n) is 3.57. The minimum absolute atomic E-state index is 0.331. The molecule has 0 aliphatic rings. The van der Waals surface area contributed by atoms with Crippen molar-refractivity contribution in [3.63, 3.8) is 0 Å². The minimum atomic E-state index is 0.331. The van der Waals surface area contributed by atoms with E-state index in [1.54, 1.807) is 0 Å². The Labute approximate surface area is 185 Å². The predicted octanol–water partition coefficient (Wildman–Crippen LogP) is 7.46. The summed E-state index contributed by atoms with van der Waals surface area (Å²) in [7, 11) is 0. The lowest BCUT2D eigenvalue weighted by atomic mass is 10.0. The van der Waals surface area contributed by atoms with Gasteiger partial charge in [0.15, 0.2) is 0 Å². The van der Waals surface area contributed by atoms with Crippen LogP contribution in [-0.4, -0.2) is 46.4 Å². The normalized spacial score (nSPS) is 11.4. The van der Waals surface area contributed by atoms with Gasteiger partial charge in [-0.15, -0.1) is 0 Å². The maximum Gasteiger partial charge on any atom is 0.0521 e. The number of aliphatic hydroxyl groups is 2. The number of thioether (sulfide) groups is 2. The number of aliphatic hydroxyl groups excluding tert-OH is 2. The van der Waals surface area contributed by atoms with Crippen molar-refractivity contribution in [2.24, 2.45) is 0 Å². The highest BCUT2D eigenvalue weighted by atomic mass is 32.2. The Morgan fingerprint density at radius 1 is 0.286 bits per heavy atom. The van der Waals surface area contributed by atoms with Crippen LogP contribution in [0, 0.1) is 0 Å². The monoisotopic (exact) mass is 434 g/mol. The van der Waals surface area contributed by atoms with Crippen LogP contribution in [0.4, 0.5) is 0 Å². The highest BCUT2D eigenvalue weighted by Crippen LogP contribution is 2.15. The average Bonchev–Trinajstić information content (AvgIpc) is 2.71. The van der Waals surface area contributed by atoms with Gasteiger partial charge >= 0.3 is 0 Å². The Morgan fingerprint density at radius 3 is 0.714 bits per heavy atom. The highest BCUT2D eigenvalue weighted by Gasteiger charge is 1.96. The van der Waals surface area contributed by atoms with Crippen LogP contribution < -0.4 is 0 Å². The zero-order valence-corrected chi connectivity index (χ0v) is 20.3. The fourth-order valence-corrected chi connectivity index (χ4v) is 5.05. The van der Waals surface area contributed by atoms with Crippen LogP contribution in [0.5, 0.6) is 0 Å². The zero-order chi connectivity index (χ0) is 20.4. The van der Waals surface area contributed by atoms with Gasteiger partial charge in [0.2, 0.25) is 0 Å². The van der Waals surface area contributed by atoms with E-state index >= 15 is 0 Å². The van der Waals surface area contributed by atoms with Gasteiger partial charge in [0.25, 0.3) is 0 Å². The third kappa shape index (κ3) is 26.6. The van der Waals surface area contributed by atoms with Crippen LogP contribution in [0.15, 0.2) is 0 Å².